The van der Waals surface area contributed by atoms with Gasteiger partial charge in [0.15, 0.2) is 11.5 Å². The molecule has 1 aromatic heterocycles. The van der Waals surface area contributed by atoms with Crippen molar-refractivity contribution in [2.45, 2.75) is 12.5 Å². The van der Waals surface area contributed by atoms with Crippen LogP contribution in [-0.2, 0) is 6.42 Å². The average Bonchev–Trinajstić information content (AvgIpc) is 3.02. The number of nitrogens with one attached hydrogen (secondary N) is 1. The highest BCUT2D eigenvalue weighted by molar-refractivity contribution is 6.07. The van der Waals surface area contributed by atoms with E-state index in [0.29, 0.717) is 57.1 Å². The van der Waals surface area contributed by atoms with Crippen LogP contribution < -0.4 is 24.3 Å². The molecule has 0 aliphatic heterocycles. The molecule has 210 valence electrons. The van der Waals surface area contributed by atoms with Crippen molar-refractivity contribution in [2.24, 2.45) is 0 Å². The zero-order chi connectivity index (χ0) is 28.9. The maximum absolute atomic E-state index is 13.8. The number of carbonyl (C=O) groups excluding carboxylic acids is 1. The summed E-state index contributed by atoms with van der Waals surface area (Å²) in [6.07, 6.45) is 0.471. The summed E-state index contributed by atoms with van der Waals surface area (Å²) in [5.74, 6) is 1.67. The number of nitrogens with zero attached hydrogens (tertiary/aromatic N) is 1. The fourth-order valence-corrected chi connectivity index (χ4v) is 4.97. The highest BCUT2D eigenvalue weighted by Gasteiger charge is 2.21. The van der Waals surface area contributed by atoms with E-state index in [2.05, 4.69) is 17.4 Å². The number of hydrogen-bond donors (Lipinski definition) is 2. The summed E-state index contributed by atoms with van der Waals surface area (Å²) in [5, 5.41) is 16.1. The summed E-state index contributed by atoms with van der Waals surface area (Å²) < 4.78 is 22.0. The molecule has 0 aliphatic rings. The predicted molar refractivity (Wildman–Crippen MR) is 159 cm³/mol. The van der Waals surface area contributed by atoms with E-state index in [-0.39, 0.29) is 12.5 Å². The Bertz CT molecular complexity index is 1690. The molecule has 8 heteroatoms. The van der Waals surface area contributed by atoms with Crippen LogP contribution in [0.1, 0.15) is 15.9 Å². The highest BCUT2D eigenvalue weighted by atomic mass is 16.5. The third-order valence-corrected chi connectivity index (χ3v) is 7.07. The number of hydrogen-bond acceptors (Lipinski definition) is 7. The van der Waals surface area contributed by atoms with Gasteiger partial charge < -0.3 is 29.4 Å². The van der Waals surface area contributed by atoms with Crippen molar-refractivity contribution in [3.63, 3.8) is 0 Å². The van der Waals surface area contributed by atoms with E-state index in [1.165, 1.54) is 0 Å². The van der Waals surface area contributed by atoms with Gasteiger partial charge in [0, 0.05) is 10.9 Å². The Kier molecular flexibility index (Phi) is 8.21. The fourth-order valence-electron chi connectivity index (χ4n) is 4.97. The van der Waals surface area contributed by atoms with Gasteiger partial charge in [-0.15, -0.1) is 0 Å². The minimum atomic E-state index is -0.498. The van der Waals surface area contributed by atoms with E-state index in [4.69, 9.17) is 23.9 Å². The lowest BCUT2D eigenvalue weighted by molar-refractivity contribution is 0.0918. The molecular formula is C33H32N2O6. The zero-order valence-electron chi connectivity index (χ0n) is 23.4. The Balaban J connectivity index is 1.53. The standard InChI is InChI=1S/C33H32N2O6/c1-38-25-11-12-28-26(17-25)27(18-29(35-28)23-15-30(39-2)32(41-4)31(16-23)40-3)33(37)34-24(19-36)14-20-9-10-21-7-5-6-8-22(21)13-20/h5-13,15-18,24,36H,14,19H2,1-4H3,(H,34,37)/t24-/m1/s1. The molecule has 0 fully saturated rings. The first-order valence-electron chi connectivity index (χ1n) is 13.2. The topological polar surface area (TPSA) is 99.1 Å². The lowest BCUT2D eigenvalue weighted by Gasteiger charge is -2.19. The number of carbonyl (C=O) groups is 1. The maximum atomic E-state index is 13.8. The number of aliphatic hydroxyl groups excluding tert-OH is 1. The molecular weight excluding hydrogens is 520 g/mol. The van der Waals surface area contributed by atoms with E-state index >= 15 is 0 Å². The van der Waals surface area contributed by atoms with Gasteiger partial charge in [-0.25, -0.2) is 4.98 Å². The Morgan fingerprint density at radius 1 is 0.829 bits per heavy atom. The molecule has 5 aromatic rings. The number of methoxy groups -OCH3 is 4. The predicted octanol–water partition coefficient (Wildman–Crippen LogP) is 5.42. The molecule has 2 N–H and O–H groups in total. The normalized spacial score (nSPS) is 11.7. The molecule has 4 aromatic carbocycles. The zero-order valence-corrected chi connectivity index (χ0v) is 23.4. The number of fused-ring (bicyclic) bond motifs is 2. The van der Waals surface area contributed by atoms with Gasteiger partial charge in [-0.1, -0.05) is 42.5 Å². The van der Waals surface area contributed by atoms with Gasteiger partial charge in [-0.05, 0) is 59.2 Å². The summed E-state index contributed by atoms with van der Waals surface area (Å²) in [4.78, 5) is 18.6. The number of aromatic nitrogens is 1. The Hall–Kier alpha value is -4.82. The molecule has 0 unspecified atom stereocenters. The van der Waals surface area contributed by atoms with Crippen LogP contribution >= 0.6 is 0 Å². The molecule has 0 aliphatic carbocycles. The third-order valence-electron chi connectivity index (χ3n) is 7.07. The number of pyridine rings is 1. The van der Waals surface area contributed by atoms with Gasteiger partial charge in [-0.2, -0.15) is 0 Å². The van der Waals surface area contributed by atoms with Crippen LogP contribution in [-0.4, -0.2) is 57.1 Å². The quantitative estimate of drug-likeness (QED) is 0.239. The van der Waals surface area contributed by atoms with Gasteiger partial charge in [0.2, 0.25) is 5.75 Å². The van der Waals surface area contributed by atoms with Gasteiger partial charge >= 0.3 is 0 Å². The van der Waals surface area contributed by atoms with Crippen molar-refractivity contribution in [3.8, 4) is 34.3 Å². The van der Waals surface area contributed by atoms with Crippen LogP contribution in [0.4, 0.5) is 0 Å². The van der Waals surface area contributed by atoms with Crippen LogP contribution in [0, 0.1) is 0 Å². The minimum Gasteiger partial charge on any atom is -0.497 e. The molecule has 0 bridgehead atoms. The molecule has 0 radical (unpaired) electrons. The van der Waals surface area contributed by atoms with Crippen LogP contribution in [0.25, 0.3) is 32.9 Å². The summed E-state index contributed by atoms with van der Waals surface area (Å²) >= 11 is 0. The first-order valence-corrected chi connectivity index (χ1v) is 13.2. The van der Waals surface area contributed by atoms with Crippen molar-refractivity contribution in [3.05, 3.63) is 90.0 Å². The monoisotopic (exact) mass is 552 g/mol. The third kappa shape index (κ3) is 5.73. The number of aliphatic hydroxyl groups is 1. The van der Waals surface area contributed by atoms with E-state index in [1.54, 1.807) is 58.8 Å². The smallest absolute Gasteiger partial charge is 0.252 e. The van der Waals surface area contributed by atoms with Crippen molar-refractivity contribution >= 4 is 27.6 Å². The lowest BCUT2D eigenvalue weighted by atomic mass is 10.0. The second-order valence-corrected chi connectivity index (χ2v) is 9.59. The molecule has 0 saturated heterocycles. The van der Waals surface area contributed by atoms with Crippen LogP contribution in [0.5, 0.6) is 23.0 Å². The lowest BCUT2D eigenvalue weighted by Crippen LogP contribution is -2.39. The Morgan fingerprint density at radius 2 is 1.56 bits per heavy atom. The van der Waals surface area contributed by atoms with Crippen LogP contribution in [0.15, 0.2) is 78.9 Å². The van der Waals surface area contributed by atoms with Crippen LogP contribution in [0.2, 0.25) is 0 Å². The number of amides is 1. The van der Waals surface area contributed by atoms with Crippen molar-refractivity contribution in [1.29, 1.82) is 0 Å². The first kappa shape index (κ1) is 27.7. The minimum absolute atomic E-state index is 0.218. The second-order valence-electron chi connectivity index (χ2n) is 9.59. The van der Waals surface area contributed by atoms with Crippen molar-refractivity contribution < 1.29 is 28.8 Å². The molecule has 0 spiro atoms. The maximum Gasteiger partial charge on any atom is 0.252 e. The molecule has 41 heavy (non-hydrogen) atoms. The molecule has 1 heterocycles. The fraction of sp³-hybridized carbons (Fsp3) is 0.212. The number of ether oxygens (including phenoxy) is 4. The first-order chi connectivity index (χ1) is 20.0. The largest absolute Gasteiger partial charge is 0.497 e. The van der Waals surface area contributed by atoms with Crippen LogP contribution in [0.3, 0.4) is 0 Å². The SMILES string of the molecule is COc1ccc2nc(-c3cc(OC)c(OC)c(OC)c3)cc(C(=O)N[C@@H](CO)Cc3ccc4ccccc4c3)c2c1. The average molecular weight is 553 g/mol. The van der Waals surface area contributed by atoms with Gasteiger partial charge in [0.1, 0.15) is 5.75 Å². The summed E-state index contributed by atoms with van der Waals surface area (Å²) in [5.41, 5.74) is 3.25. The van der Waals surface area contributed by atoms with Crippen molar-refractivity contribution in [1.82, 2.24) is 10.3 Å². The molecule has 5 rings (SSSR count). The molecule has 1 atom stereocenters. The summed E-state index contributed by atoms with van der Waals surface area (Å²) in [6.45, 7) is -0.218. The van der Waals surface area contributed by atoms with E-state index in [0.717, 1.165) is 16.3 Å². The molecule has 1 amide bonds. The van der Waals surface area contributed by atoms with E-state index in [1.807, 2.05) is 36.4 Å². The summed E-state index contributed by atoms with van der Waals surface area (Å²) in [6, 6.07) is 24.4. The Labute approximate surface area is 238 Å². The van der Waals surface area contributed by atoms with E-state index < -0.39 is 6.04 Å². The number of rotatable bonds is 10. The summed E-state index contributed by atoms with van der Waals surface area (Å²) in [7, 11) is 6.21. The number of benzene rings is 4. The molecule has 8 nitrogen and oxygen atoms in total. The van der Waals surface area contributed by atoms with E-state index in [9.17, 15) is 9.90 Å². The Morgan fingerprint density at radius 3 is 2.22 bits per heavy atom. The van der Waals surface area contributed by atoms with Gasteiger partial charge in [-0.3, -0.25) is 4.79 Å². The van der Waals surface area contributed by atoms with Gasteiger partial charge in [0.05, 0.1) is 57.9 Å². The second kappa shape index (κ2) is 12.1. The molecule has 0 saturated carbocycles. The highest BCUT2D eigenvalue weighted by Crippen LogP contribution is 2.41. The van der Waals surface area contributed by atoms with Gasteiger partial charge in [0.25, 0.3) is 5.91 Å². The van der Waals surface area contributed by atoms with Crippen molar-refractivity contribution in [2.75, 3.05) is 35.0 Å².